The van der Waals surface area contributed by atoms with E-state index in [-0.39, 0.29) is 17.1 Å². The molecule has 6 N–H and O–H groups in total. The molecule has 1 saturated heterocycles. The van der Waals surface area contributed by atoms with Crippen LogP contribution < -0.4 is 5.32 Å². The Bertz CT molecular complexity index is 564. The van der Waals surface area contributed by atoms with Gasteiger partial charge in [0.2, 0.25) is 0 Å². The van der Waals surface area contributed by atoms with E-state index >= 15 is 0 Å². The molecule has 5 nitrogen and oxygen atoms in total. The zero-order chi connectivity index (χ0) is 23.2. The molecule has 0 spiro atoms. The molecular weight excluding hydrogens is 460 g/mol. The van der Waals surface area contributed by atoms with E-state index in [0.29, 0.717) is 17.3 Å². The van der Waals surface area contributed by atoms with Gasteiger partial charge >= 0.3 is 0 Å². The molecule has 0 bridgehead atoms. The largest absolute Gasteiger partial charge is 0.412 e. The topological polar surface area (TPSA) is 98.5 Å². The quantitative estimate of drug-likeness (QED) is 0.452. The summed E-state index contributed by atoms with van der Waals surface area (Å²) in [5.74, 6) is 5.09. The Morgan fingerprint density at radius 3 is 2.00 bits per heavy atom. The number of aliphatic hydroxyl groups is 1. The van der Waals surface area contributed by atoms with Crippen molar-refractivity contribution in [1.82, 2.24) is 10.2 Å². The number of piperidine rings is 1. The average Bonchev–Trinajstić information content (AvgIpc) is 2.83. The normalized spacial score (nSPS) is 36.3. The van der Waals surface area contributed by atoms with Crippen LogP contribution in [-0.2, 0) is 0 Å². The van der Waals surface area contributed by atoms with Gasteiger partial charge in [0.25, 0.3) is 0 Å². The molecule has 0 aromatic rings. The molecule has 0 amide bonds. The van der Waals surface area contributed by atoms with E-state index in [2.05, 4.69) is 24.1 Å². The zero-order valence-corrected chi connectivity index (χ0v) is 23.5. The second-order valence-corrected chi connectivity index (χ2v) is 13.4. The summed E-state index contributed by atoms with van der Waals surface area (Å²) in [6.07, 6.45) is 18.3. The summed E-state index contributed by atoms with van der Waals surface area (Å²) in [5.41, 5.74) is 0. The second kappa shape index (κ2) is 15.5. The number of nitrogens with one attached hydrogen (secondary N) is 1. The van der Waals surface area contributed by atoms with E-state index < -0.39 is 0 Å². The van der Waals surface area contributed by atoms with Gasteiger partial charge in [-0.1, -0.05) is 33.1 Å². The van der Waals surface area contributed by atoms with Crippen molar-refractivity contribution >= 4 is 11.6 Å². The maximum absolute atomic E-state index is 10.1. The first kappa shape index (κ1) is 31.3. The lowest BCUT2D eigenvalue weighted by Gasteiger charge is -2.41. The highest BCUT2D eigenvalue weighted by Gasteiger charge is 2.33. The fourth-order valence-electron chi connectivity index (χ4n) is 7.84. The van der Waals surface area contributed by atoms with Crippen LogP contribution in [0.2, 0.25) is 0 Å². The minimum absolute atomic E-state index is 0. The van der Waals surface area contributed by atoms with E-state index in [4.69, 9.17) is 11.6 Å². The fourth-order valence-corrected chi connectivity index (χ4v) is 8.09. The summed E-state index contributed by atoms with van der Waals surface area (Å²) in [7, 11) is 0. The third kappa shape index (κ3) is 9.41. The highest BCUT2D eigenvalue weighted by Crippen LogP contribution is 2.40. The monoisotopic (exact) mass is 516 g/mol. The van der Waals surface area contributed by atoms with E-state index in [9.17, 15) is 5.11 Å². The van der Waals surface area contributed by atoms with Crippen LogP contribution in [0.25, 0.3) is 0 Å². The lowest BCUT2D eigenvalue weighted by atomic mass is 9.70. The van der Waals surface area contributed by atoms with Gasteiger partial charge in [-0.05, 0) is 126 Å². The summed E-state index contributed by atoms with van der Waals surface area (Å²) in [5, 5.41) is 14.6. The zero-order valence-electron chi connectivity index (χ0n) is 22.7. The number of likely N-dealkylation sites (tertiary alicyclic amines) is 1. The molecule has 6 heteroatoms. The van der Waals surface area contributed by atoms with Crippen LogP contribution in [0.1, 0.15) is 104 Å². The van der Waals surface area contributed by atoms with Gasteiger partial charge in [-0.2, -0.15) is 0 Å². The number of alkyl halides is 1. The van der Waals surface area contributed by atoms with Gasteiger partial charge in [0.05, 0.1) is 6.10 Å². The molecule has 3 saturated carbocycles. The average molecular weight is 517 g/mol. The van der Waals surface area contributed by atoms with Crippen LogP contribution >= 0.6 is 11.6 Å². The third-order valence-corrected chi connectivity index (χ3v) is 10.5. The van der Waals surface area contributed by atoms with Crippen LogP contribution in [0.15, 0.2) is 0 Å². The predicted octanol–water partition coefficient (Wildman–Crippen LogP) is 4.82. The fraction of sp³-hybridized carbons (Fsp3) is 1.00. The minimum Gasteiger partial charge on any atom is -0.412 e. The second-order valence-electron chi connectivity index (χ2n) is 12.8. The first-order chi connectivity index (χ1) is 16.0. The first-order valence-electron chi connectivity index (χ1n) is 14.8. The molecule has 1 aliphatic heterocycles. The summed E-state index contributed by atoms with van der Waals surface area (Å²) < 4.78 is 0. The maximum Gasteiger partial charge on any atom is 0.0543 e. The third-order valence-electron chi connectivity index (χ3n) is 10.1. The van der Waals surface area contributed by atoms with Gasteiger partial charge in [0.15, 0.2) is 0 Å². The van der Waals surface area contributed by atoms with Crippen molar-refractivity contribution in [1.29, 1.82) is 0 Å². The van der Waals surface area contributed by atoms with Crippen LogP contribution in [-0.4, -0.2) is 64.7 Å². The van der Waals surface area contributed by atoms with Crippen LogP contribution in [0, 0.1) is 35.5 Å². The van der Waals surface area contributed by atoms with Crippen molar-refractivity contribution < 1.29 is 16.1 Å². The Morgan fingerprint density at radius 2 is 1.37 bits per heavy atom. The first-order valence-corrected chi connectivity index (χ1v) is 15.2. The molecule has 208 valence electrons. The van der Waals surface area contributed by atoms with E-state index in [1.54, 1.807) is 0 Å². The lowest BCUT2D eigenvalue weighted by molar-refractivity contribution is 0.0611. The van der Waals surface area contributed by atoms with Gasteiger partial charge in [-0.3, -0.25) is 0 Å². The summed E-state index contributed by atoms with van der Waals surface area (Å²) in [6, 6.07) is 0.616. The molecule has 4 fully saturated rings. The SMILES string of the molecule is CC(C)[C@H](CN1CCC(C2CCC(Cl)CC2)CC1)NCC1CCCC(C2CCCC(O)C2)C1.O.O. The van der Waals surface area contributed by atoms with Crippen LogP contribution in [0.4, 0.5) is 0 Å². The number of aliphatic hydroxyl groups excluding tert-OH is 1. The number of nitrogens with zero attached hydrogens (tertiary/aromatic N) is 1. The molecular formula is C29H57ClN2O3. The number of hydrogen-bond acceptors (Lipinski definition) is 3. The Hall–Kier alpha value is 0.0900. The van der Waals surface area contributed by atoms with Crippen molar-refractivity contribution in [2.24, 2.45) is 35.5 Å². The van der Waals surface area contributed by atoms with Crippen LogP contribution in [0.5, 0.6) is 0 Å². The van der Waals surface area contributed by atoms with Crippen molar-refractivity contribution in [3.8, 4) is 0 Å². The van der Waals surface area contributed by atoms with Gasteiger partial charge < -0.3 is 26.3 Å². The van der Waals surface area contributed by atoms with E-state index in [1.165, 1.54) is 103 Å². The van der Waals surface area contributed by atoms with Gasteiger partial charge in [-0.25, -0.2) is 0 Å². The van der Waals surface area contributed by atoms with Gasteiger partial charge in [-0.15, -0.1) is 11.6 Å². The Balaban J connectivity index is 0.00000216. The summed E-state index contributed by atoms with van der Waals surface area (Å²) in [4.78, 5) is 2.76. The molecule has 0 aromatic heterocycles. The highest BCUT2D eigenvalue weighted by atomic mass is 35.5. The number of rotatable bonds is 8. The maximum atomic E-state index is 10.1. The van der Waals surface area contributed by atoms with Crippen molar-refractivity contribution in [2.45, 2.75) is 121 Å². The Labute approximate surface area is 220 Å². The molecule has 5 atom stereocenters. The lowest BCUT2D eigenvalue weighted by Crippen LogP contribution is -2.48. The van der Waals surface area contributed by atoms with Crippen molar-refractivity contribution in [2.75, 3.05) is 26.2 Å². The molecule has 4 rings (SSSR count). The van der Waals surface area contributed by atoms with Crippen LogP contribution in [0.3, 0.4) is 0 Å². The van der Waals surface area contributed by atoms with Crippen molar-refractivity contribution in [3.05, 3.63) is 0 Å². The summed E-state index contributed by atoms with van der Waals surface area (Å²) >= 11 is 6.34. The molecule has 3 aliphatic carbocycles. The van der Waals surface area contributed by atoms with E-state index in [1.807, 2.05) is 0 Å². The molecule has 0 radical (unpaired) electrons. The molecule has 4 aliphatic rings. The number of hydrogen-bond donors (Lipinski definition) is 2. The smallest absolute Gasteiger partial charge is 0.0543 e. The molecule has 0 aromatic carbocycles. The predicted molar refractivity (Wildman–Crippen MR) is 148 cm³/mol. The highest BCUT2D eigenvalue weighted by molar-refractivity contribution is 6.20. The summed E-state index contributed by atoms with van der Waals surface area (Å²) in [6.45, 7) is 9.83. The number of halogens is 1. The van der Waals surface area contributed by atoms with Crippen molar-refractivity contribution in [3.63, 3.8) is 0 Å². The Morgan fingerprint density at radius 1 is 0.771 bits per heavy atom. The standard InChI is InChI=1S/C29H53ClN2O.2H2O/c1-21(2)29(20-32-15-13-24(14-16-32)23-9-11-27(30)12-10-23)31-19-22-5-3-6-25(17-22)26-7-4-8-28(33)18-26;;/h21-29,31,33H,3-20H2,1-2H3;2*1H2/t22?,23?,25?,26?,27?,28?,29-;;/m0../s1. The molecule has 4 unspecified atom stereocenters. The minimum atomic E-state index is -0.0212. The van der Waals surface area contributed by atoms with Gasteiger partial charge in [0, 0.05) is 18.0 Å². The Kier molecular flexibility index (Phi) is 13.9. The van der Waals surface area contributed by atoms with E-state index in [0.717, 1.165) is 42.4 Å². The molecule has 35 heavy (non-hydrogen) atoms. The van der Waals surface area contributed by atoms with Gasteiger partial charge in [0.1, 0.15) is 0 Å². The molecule has 1 heterocycles.